The second-order valence-corrected chi connectivity index (χ2v) is 1.30. The molecule has 0 bridgehead atoms. The van der Waals surface area contributed by atoms with Crippen molar-refractivity contribution in [3.8, 4) is 0 Å². The summed E-state index contributed by atoms with van der Waals surface area (Å²) in [4.78, 5) is 7.08. The molecule has 4 N–H and O–H groups in total. The molecule has 0 aliphatic heterocycles. The molecule has 4 nitrogen and oxygen atoms in total. The minimum Gasteiger partial charge on any atom is -0.396 e. The molecule has 0 amide bonds. The number of hydrogen-bond donors (Lipinski definition) is 2. The van der Waals surface area contributed by atoms with E-state index in [1.807, 2.05) is 0 Å². The van der Waals surface area contributed by atoms with Crippen molar-refractivity contribution in [1.82, 2.24) is 9.97 Å². The summed E-state index contributed by atoms with van der Waals surface area (Å²) in [5.41, 5.74) is 10.7. The molecule has 0 saturated heterocycles. The van der Waals surface area contributed by atoms with Crippen LogP contribution in [0, 0.1) is 6.20 Å². The molecule has 1 aromatic rings. The molecule has 4 heteroatoms. The minimum absolute atomic E-state index is 0.194. The van der Waals surface area contributed by atoms with Crippen LogP contribution in [0.3, 0.4) is 0 Å². The Hall–Kier alpha value is -1.32. The van der Waals surface area contributed by atoms with Crippen LogP contribution in [0.25, 0.3) is 0 Å². The maximum Gasteiger partial charge on any atom is 0.220 e. The van der Waals surface area contributed by atoms with Crippen LogP contribution in [0.5, 0.6) is 0 Å². The van der Waals surface area contributed by atoms with E-state index in [0.717, 1.165) is 0 Å². The smallest absolute Gasteiger partial charge is 0.220 e. The Morgan fingerprint density at radius 1 is 1.50 bits per heavy atom. The van der Waals surface area contributed by atoms with Gasteiger partial charge in [0, 0.05) is 0 Å². The van der Waals surface area contributed by atoms with Crippen LogP contribution in [0.4, 0.5) is 11.6 Å². The highest BCUT2D eigenvalue weighted by Crippen LogP contribution is 1.93. The van der Waals surface area contributed by atoms with Crippen molar-refractivity contribution in [2.75, 3.05) is 11.5 Å². The van der Waals surface area contributed by atoms with Gasteiger partial charge in [0.05, 0.1) is 11.9 Å². The van der Waals surface area contributed by atoms with Crippen molar-refractivity contribution in [3.05, 3.63) is 12.4 Å². The molecule has 0 atom stereocenters. The van der Waals surface area contributed by atoms with E-state index < -0.39 is 0 Å². The van der Waals surface area contributed by atoms with Gasteiger partial charge in [0.15, 0.2) is 0 Å². The van der Waals surface area contributed by atoms with E-state index in [1.165, 1.54) is 6.20 Å². The summed E-state index contributed by atoms with van der Waals surface area (Å²) < 4.78 is 0. The Kier molecular flexibility index (Phi) is 0.997. The first-order valence-corrected chi connectivity index (χ1v) is 2.05. The Bertz CT molecular complexity index is 147. The number of nitrogens with zero attached hydrogens (tertiary/aromatic N) is 2. The lowest BCUT2D eigenvalue weighted by Gasteiger charge is -1.87. The van der Waals surface area contributed by atoms with E-state index in [-0.39, 0.29) is 5.95 Å². The molecule has 0 spiro atoms. The molecule has 1 aromatic heterocycles. The zero-order valence-corrected chi connectivity index (χ0v) is 4.13. The quantitative estimate of drug-likeness (QED) is 0.468. The third-order valence-corrected chi connectivity index (χ3v) is 0.635. The fourth-order valence-corrected chi connectivity index (χ4v) is 0.315. The molecule has 1 rings (SSSR count). The molecule has 0 aromatic carbocycles. The number of aromatic nitrogens is 2. The van der Waals surface area contributed by atoms with E-state index in [4.69, 9.17) is 11.5 Å². The summed E-state index contributed by atoms with van der Waals surface area (Å²) in [6.07, 6.45) is 3.84. The average Bonchev–Trinajstić information content (AvgIpc) is 1.77. The molecule has 0 saturated carbocycles. The Labute approximate surface area is 46.6 Å². The summed E-state index contributed by atoms with van der Waals surface area (Å²) >= 11 is 0. The maximum atomic E-state index is 5.19. The topological polar surface area (TPSA) is 77.8 Å². The average molecular weight is 109 g/mol. The molecule has 8 heavy (non-hydrogen) atoms. The van der Waals surface area contributed by atoms with Gasteiger partial charge in [0.25, 0.3) is 0 Å². The van der Waals surface area contributed by atoms with E-state index in [2.05, 4.69) is 16.2 Å². The summed E-state index contributed by atoms with van der Waals surface area (Å²) in [5, 5.41) is 0. The Morgan fingerprint density at radius 2 is 2.25 bits per heavy atom. The number of nitrogen functional groups attached to an aromatic ring is 2. The van der Waals surface area contributed by atoms with Crippen LogP contribution in [-0.2, 0) is 0 Å². The largest absolute Gasteiger partial charge is 0.396 e. The summed E-state index contributed by atoms with van der Waals surface area (Å²) in [6, 6.07) is 0. The second-order valence-electron chi connectivity index (χ2n) is 1.30. The monoisotopic (exact) mass is 109 g/mol. The van der Waals surface area contributed by atoms with Crippen molar-refractivity contribution in [2.24, 2.45) is 0 Å². The summed E-state index contributed by atoms with van der Waals surface area (Å²) in [7, 11) is 0. The van der Waals surface area contributed by atoms with E-state index >= 15 is 0 Å². The predicted octanol–water partition coefficient (Wildman–Crippen LogP) is -0.559. The fraction of sp³-hybridized carbons (Fsp3) is 0. The highest BCUT2D eigenvalue weighted by Gasteiger charge is 1.84. The van der Waals surface area contributed by atoms with Gasteiger partial charge in [-0.1, -0.05) is 0 Å². The predicted molar refractivity (Wildman–Crippen MR) is 29.7 cm³/mol. The minimum atomic E-state index is 0.194. The van der Waals surface area contributed by atoms with Crippen molar-refractivity contribution in [2.45, 2.75) is 0 Å². The van der Waals surface area contributed by atoms with Gasteiger partial charge in [-0.25, -0.2) is 9.97 Å². The molecule has 1 heterocycles. The third kappa shape index (κ3) is 0.841. The molecular formula is C4H5N4. The molecular weight excluding hydrogens is 104 g/mol. The third-order valence-electron chi connectivity index (χ3n) is 0.635. The van der Waals surface area contributed by atoms with Crippen LogP contribution in [0.15, 0.2) is 6.20 Å². The van der Waals surface area contributed by atoms with Crippen molar-refractivity contribution >= 4 is 11.6 Å². The number of nitrogens with two attached hydrogens (primary N) is 2. The van der Waals surface area contributed by atoms with Crippen LogP contribution in [-0.4, -0.2) is 9.97 Å². The van der Waals surface area contributed by atoms with Gasteiger partial charge in [-0.15, -0.1) is 0 Å². The highest BCUT2D eigenvalue weighted by molar-refractivity contribution is 5.32. The first kappa shape index (κ1) is 4.83. The molecule has 0 aliphatic carbocycles. The van der Waals surface area contributed by atoms with Gasteiger partial charge in [-0.2, -0.15) is 0 Å². The molecule has 41 valence electrons. The molecule has 0 fully saturated rings. The van der Waals surface area contributed by atoms with Crippen molar-refractivity contribution in [1.29, 1.82) is 0 Å². The second kappa shape index (κ2) is 1.65. The van der Waals surface area contributed by atoms with E-state index in [1.54, 1.807) is 0 Å². The van der Waals surface area contributed by atoms with Gasteiger partial charge in [0.2, 0.25) is 5.95 Å². The zero-order chi connectivity index (χ0) is 5.98. The number of anilines is 2. The lowest BCUT2D eigenvalue weighted by Crippen LogP contribution is -1.95. The first-order valence-electron chi connectivity index (χ1n) is 2.05. The van der Waals surface area contributed by atoms with Crippen LogP contribution in [0.2, 0.25) is 0 Å². The maximum absolute atomic E-state index is 5.19. The molecule has 0 unspecified atom stereocenters. The van der Waals surface area contributed by atoms with Gasteiger partial charge >= 0.3 is 0 Å². The van der Waals surface area contributed by atoms with Crippen molar-refractivity contribution < 1.29 is 0 Å². The summed E-state index contributed by atoms with van der Waals surface area (Å²) in [6.45, 7) is 0. The lowest BCUT2D eigenvalue weighted by atomic mass is 10.6. The van der Waals surface area contributed by atoms with Crippen LogP contribution in [0.1, 0.15) is 0 Å². The SMILES string of the molecule is Nc1[c]nc(N)nc1. The number of hydrogen-bond acceptors (Lipinski definition) is 4. The molecule has 1 radical (unpaired) electrons. The standard InChI is InChI=1S/C4H5N4/c5-3-1-7-4(6)8-2-3/h1H,5H2,(H2,6,7,8). The van der Waals surface area contributed by atoms with Crippen molar-refractivity contribution in [3.63, 3.8) is 0 Å². The Balaban J connectivity index is 3.03. The van der Waals surface area contributed by atoms with E-state index in [9.17, 15) is 0 Å². The summed E-state index contributed by atoms with van der Waals surface area (Å²) in [5.74, 6) is 0.194. The highest BCUT2D eigenvalue weighted by atomic mass is 15.0. The Morgan fingerprint density at radius 3 is 2.62 bits per heavy atom. The van der Waals surface area contributed by atoms with Gasteiger partial charge in [-0.3, -0.25) is 0 Å². The first-order chi connectivity index (χ1) is 3.79. The molecule has 0 aliphatic rings. The van der Waals surface area contributed by atoms with Crippen LogP contribution >= 0.6 is 0 Å². The van der Waals surface area contributed by atoms with Crippen LogP contribution < -0.4 is 11.5 Å². The van der Waals surface area contributed by atoms with Gasteiger partial charge < -0.3 is 11.5 Å². The lowest BCUT2D eigenvalue weighted by molar-refractivity contribution is 1.18. The fourth-order valence-electron chi connectivity index (χ4n) is 0.315. The van der Waals surface area contributed by atoms with Gasteiger partial charge in [0.1, 0.15) is 6.20 Å². The zero-order valence-electron chi connectivity index (χ0n) is 4.13. The normalized spacial score (nSPS) is 9.00. The van der Waals surface area contributed by atoms with Gasteiger partial charge in [-0.05, 0) is 0 Å². The number of rotatable bonds is 0. The van der Waals surface area contributed by atoms with E-state index in [0.29, 0.717) is 5.69 Å².